The van der Waals surface area contributed by atoms with Crippen LogP contribution in [-0.4, -0.2) is 42.5 Å². The van der Waals surface area contributed by atoms with Gasteiger partial charge in [-0.05, 0) is 62.9 Å². The van der Waals surface area contributed by atoms with E-state index in [-0.39, 0.29) is 5.91 Å². The largest absolute Gasteiger partial charge is 0.338 e. The molecule has 1 unspecified atom stereocenters. The molecule has 0 aliphatic carbocycles. The number of hydrogen-bond donors (Lipinski definition) is 1. The predicted octanol–water partition coefficient (Wildman–Crippen LogP) is 3.19. The quantitative estimate of drug-likeness (QED) is 0.937. The molecule has 1 fully saturated rings. The second kappa shape index (κ2) is 7.23. The number of hydrogen-bond acceptors (Lipinski definition) is 4. The summed E-state index contributed by atoms with van der Waals surface area (Å²) >= 11 is 1.66. The Balaban J connectivity index is 1.77. The number of nitrogens with zero attached hydrogens (tertiary/aromatic N) is 2. The molecule has 0 spiro atoms. The number of aryl methyl sites for hydroxylation is 1. The smallest absolute Gasteiger partial charge is 0.255 e. The molecule has 1 N–H and O–H groups in total. The van der Waals surface area contributed by atoms with Crippen LogP contribution in [-0.2, 0) is 0 Å². The van der Waals surface area contributed by atoms with E-state index in [0.29, 0.717) is 5.92 Å². The highest BCUT2D eigenvalue weighted by Crippen LogP contribution is 2.23. The number of pyridine rings is 1. The molecular weight excluding hydrogens is 306 g/mol. The topological polar surface area (TPSA) is 45.2 Å². The number of carbonyl (C=O) groups is 1. The summed E-state index contributed by atoms with van der Waals surface area (Å²) in [5.74, 6) is 0.670. The number of likely N-dealkylation sites (tertiary alicyclic amines) is 1. The molecule has 0 bridgehead atoms. The summed E-state index contributed by atoms with van der Waals surface area (Å²) in [6.45, 7) is 4.59. The Morgan fingerprint density at radius 3 is 3.00 bits per heavy atom. The highest BCUT2D eigenvalue weighted by molar-refractivity contribution is 7.08. The summed E-state index contributed by atoms with van der Waals surface area (Å²) in [4.78, 5) is 19.5. The minimum Gasteiger partial charge on any atom is -0.338 e. The first kappa shape index (κ1) is 16.1. The Hall–Kier alpha value is -1.72. The zero-order valence-corrected chi connectivity index (χ0v) is 14.5. The normalized spacial score (nSPS) is 18.2. The van der Waals surface area contributed by atoms with Gasteiger partial charge in [-0.1, -0.05) is 0 Å². The lowest BCUT2D eigenvalue weighted by Gasteiger charge is -2.33. The van der Waals surface area contributed by atoms with Gasteiger partial charge in [0.25, 0.3) is 5.91 Å². The fourth-order valence-electron chi connectivity index (χ4n) is 3.23. The Morgan fingerprint density at radius 2 is 2.30 bits per heavy atom. The van der Waals surface area contributed by atoms with Gasteiger partial charge >= 0.3 is 0 Å². The minimum absolute atomic E-state index is 0.118. The zero-order chi connectivity index (χ0) is 16.2. The first-order valence-electron chi connectivity index (χ1n) is 8.13. The highest BCUT2D eigenvalue weighted by Gasteiger charge is 2.25. The van der Waals surface area contributed by atoms with Crippen LogP contribution in [0, 0.1) is 12.8 Å². The van der Waals surface area contributed by atoms with Gasteiger partial charge in [-0.15, -0.1) is 0 Å². The molecule has 1 aliphatic heterocycles. The molecule has 1 amide bonds. The predicted molar refractivity (Wildman–Crippen MR) is 94.8 cm³/mol. The second-order valence-corrected chi connectivity index (χ2v) is 6.94. The van der Waals surface area contributed by atoms with Crippen molar-refractivity contribution in [3.05, 3.63) is 40.2 Å². The number of aromatic nitrogens is 1. The van der Waals surface area contributed by atoms with E-state index in [1.54, 1.807) is 11.3 Å². The van der Waals surface area contributed by atoms with Gasteiger partial charge in [0.15, 0.2) is 0 Å². The number of rotatable bonds is 4. The van der Waals surface area contributed by atoms with Crippen LogP contribution in [0.2, 0.25) is 0 Å². The summed E-state index contributed by atoms with van der Waals surface area (Å²) in [5, 5.41) is 7.34. The van der Waals surface area contributed by atoms with Crippen LogP contribution in [0.25, 0.3) is 11.3 Å². The fraction of sp³-hybridized carbons (Fsp3) is 0.444. The maximum atomic E-state index is 12.8. The molecular formula is C18H23N3OS. The molecule has 23 heavy (non-hydrogen) atoms. The Labute approximate surface area is 141 Å². The van der Waals surface area contributed by atoms with E-state index in [2.05, 4.69) is 21.7 Å². The maximum Gasteiger partial charge on any atom is 0.255 e. The molecule has 0 saturated carbocycles. The third-order valence-electron chi connectivity index (χ3n) is 4.43. The van der Waals surface area contributed by atoms with Gasteiger partial charge in [0, 0.05) is 24.0 Å². The second-order valence-electron chi connectivity index (χ2n) is 6.16. The van der Waals surface area contributed by atoms with Crippen LogP contribution < -0.4 is 5.32 Å². The molecule has 1 atom stereocenters. The van der Waals surface area contributed by atoms with E-state index < -0.39 is 0 Å². The van der Waals surface area contributed by atoms with Crippen molar-refractivity contribution in [3.8, 4) is 11.3 Å². The van der Waals surface area contributed by atoms with Crippen molar-refractivity contribution in [2.24, 2.45) is 5.92 Å². The number of carbonyl (C=O) groups excluding carboxylic acids is 1. The molecule has 2 aromatic rings. The van der Waals surface area contributed by atoms with Gasteiger partial charge in [0.2, 0.25) is 0 Å². The van der Waals surface area contributed by atoms with Crippen LogP contribution >= 0.6 is 11.3 Å². The monoisotopic (exact) mass is 329 g/mol. The van der Waals surface area contributed by atoms with Crippen LogP contribution in [0.5, 0.6) is 0 Å². The Morgan fingerprint density at radius 1 is 1.43 bits per heavy atom. The Bertz CT molecular complexity index is 667. The first-order chi connectivity index (χ1) is 11.2. The number of piperidine rings is 1. The summed E-state index contributed by atoms with van der Waals surface area (Å²) in [7, 11) is 1.97. The van der Waals surface area contributed by atoms with E-state index >= 15 is 0 Å². The van der Waals surface area contributed by atoms with E-state index in [1.165, 1.54) is 6.42 Å². The third kappa shape index (κ3) is 3.62. The van der Waals surface area contributed by atoms with Crippen molar-refractivity contribution >= 4 is 17.2 Å². The molecule has 3 rings (SSSR count). The standard InChI is InChI=1S/C18H23N3OS/c1-13-16(5-6-17(20-13)15-7-9-23-12-15)18(22)21-8-3-4-14(11-21)10-19-2/h5-7,9,12,14,19H,3-4,8,10-11H2,1-2H3. The van der Waals surface area contributed by atoms with Gasteiger partial charge in [-0.3, -0.25) is 9.78 Å². The SMILES string of the molecule is CNCC1CCCN(C(=O)c2ccc(-c3ccsc3)nc2C)C1. The van der Waals surface area contributed by atoms with Crippen molar-refractivity contribution in [1.29, 1.82) is 0 Å². The van der Waals surface area contributed by atoms with Crippen molar-refractivity contribution in [1.82, 2.24) is 15.2 Å². The molecule has 0 aromatic carbocycles. The summed E-state index contributed by atoms with van der Waals surface area (Å²) in [5.41, 5.74) is 3.60. The molecule has 1 saturated heterocycles. The van der Waals surface area contributed by atoms with E-state index in [9.17, 15) is 4.79 Å². The van der Waals surface area contributed by atoms with E-state index in [1.807, 2.05) is 36.4 Å². The lowest BCUT2D eigenvalue weighted by molar-refractivity contribution is 0.0673. The Kier molecular flexibility index (Phi) is 5.08. The molecule has 122 valence electrons. The van der Waals surface area contributed by atoms with Crippen molar-refractivity contribution < 1.29 is 4.79 Å². The first-order valence-corrected chi connectivity index (χ1v) is 9.07. The van der Waals surface area contributed by atoms with Crippen molar-refractivity contribution in [2.45, 2.75) is 19.8 Å². The van der Waals surface area contributed by atoms with Crippen molar-refractivity contribution in [2.75, 3.05) is 26.7 Å². The van der Waals surface area contributed by atoms with Crippen molar-refractivity contribution in [3.63, 3.8) is 0 Å². The van der Waals surface area contributed by atoms with Gasteiger partial charge in [0.1, 0.15) is 0 Å². The van der Waals surface area contributed by atoms with Crippen LogP contribution in [0.3, 0.4) is 0 Å². The number of nitrogens with one attached hydrogen (secondary N) is 1. The number of amides is 1. The average Bonchev–Trinajstić information content (AvgIpc) is 3.09. The van der Waals surface area contributed by atoms with Gasteiger partial charge in [0.05, 0.1) is 17.0 Å². The zero-order valence-electron chi connectivity index (χ0n) is 13.7. The third-order valence-corrected chi connectivity index (χ3v) is 5.12. The molecule has 4 nitrogen and oxygen atoms in total. The average molecular weight is 329 g/mol. The minimum atomic E-state index is 0.118. The molecule has 2 aromatic heterocycles. The van der Waals surface area contributed by atoms with E-state index in [0.717, 1.165) is 48.6 Å². The molecule has 1 aliphatic rings. The summed E-state index contributed by atoms with van der Waals surface area (Å²) < 4.78 is 0. The van der Waals surface area contributed by atoms with Gasteiger partial charge < -0.3 is 10.2 Å². The van der Waals surface area contributed by atoms with E-state index in [4.69, 9.17) is 0 Å². The summed E-state index contributed by atoms with van der Waals surface area (Å²) in [6.07, 6.45) is 2.27. The van der Waals surface area contributed by atoms with Crippen LogP contribution in [0.4, 0.5) is 0 Å². The lowest BCUT2D eigenvalue weighted by atomic mass is 9.97. The fourth-order valence-corrected chi connectivity index (χ4v) is 3.88. The van der Waals surface area contributed by atoms with Crippen LogP contribution in [0.1, 0.15) is 28.9 Å². The lowest BCUT2D eigenvalue weighted by Crippen LogP contribution is -2.42. The molecule has 3 heterocycles. The van der Waals surface area contributed by atoms with Crippen LogP contribution in [0.15, 0.2) is 29.0 Å². The maximum absolute atomic E-state index is 12.8. The molecule has 5 heteroatoms. The highest BCUT2D eigenvalue weighted by atomic mass is 32.1. The summed E-state index contributed by atoms with van der Waals surface area (Å²) in [6, 6.07) is 5.94. The molecule has 0 radical (unpaired) electrons. The van der Waals surface area contributed by atoms with Gasteiger partial charge in [-0.25, -0.2) is 0 Å². The number of thiophene rings is 1. The van der Waals surface area contributed by atoms with Gasteiger partial charge in [-0.2, -0.15) is 11.3 Å².